The minimum Gasteiger partial charge on any atom is -0.369 e. The largest absolute Gasteiger partial charge is 0.369 e. The van der Waals surface area contributed by atoms with Crippen molar-refractivity contribution >= 4 is 5.91 Å². The van der Waals surface area contributed by atoms with Crippen LogP contribution in [0.5, 0.6) is 0 Å². The van der Waals surface area contributed by atoms with Crippen LogP contribution in [0.3, 0.4) is 0 Å². The second kappa shape index (κ2) is 2.46. The Hall–Kier alpha value is -0.570. The van der Waals surface area contributed by atoms with Crippen molar-refractivity contribution in [3.63, 3.8) is 0 Å². The molecular formula is C9H18N2O. The average molecular weight is 170 g/mol. The predicted molar refractivity (Wildman–Crippen MR) is 48.6 cm³/mol. The van der Waals surface area contributed by atoms with Gasteiger partial charge in [-0.05, 0) is 12.5 Å². The molecule has 1 amide bonds. The molecule has 0 aliphatic carbocycles. The number of primary amides is 1. The number of likely N-dealkylation sites (tertiary alicyclic amines) is 1. The lowest BCUT2D eigenvalue weighted by atomic mass is 9.61. The summed E-state index contributed by atoms with van der Waals surface area (Å²) in [6.45, 7) is 7.82. The normalized spacial score (nSPS) is 23.3. The molecule has 0 aromatic heterocycles. The van der Waals surface area contributed by atoms with Crippen LogP contribution in [0.15, 0.2) is 0 Å². The van der Waals surface area contributed by atoms with Crippen LogP contribution in [0.4, 0.5) is 0 Å². The molecule has 0 radical (unpaired) electrons. The molecule has 1 fully saturated rings. The van der Waals surface area contributed by atoms with Gasteiger partial charge < -0.3 is 10.6 Å². The monoisotopic (exact) mass is 170 g/mol. The molecule has 1 rings (SSSR count). The zero-order valence-electron chi connectivity index (χ0n) is 8.35. The standard InChI is InChI=1S/C9H18N2O/c1-8(2,3)9(7(10)12)5-11(4)6-9/h5-6H2,1-4H3,(H2,10,12). The second-order valence-corrected chi connectivity index (χ2v) is 4.87. The SMILES string of the molecule is CN1CC(C(N)=O)(C(C)(C)C)C1. The van der Waals surface area contributed by atoms with Crippen LogP contribution in [0, 0.1) is 10.8 Å². The van der Waals surface area contributed by atoms with Crippen molar-refractivity contribution in [3.8, 4) is 0 Å². The van der Waals surface area contributed by atoms with Crippen LogP contribution in [0.2, 0.25) is 0 Å². The van der Waals surface area contributed by atoms with Crippen molar-refractivity contribution < 1.29 is 4.79 Å². The Balaban J connectivity index is 2.84. The van der Waals surface area contributed by atoms with Gasteiger partial charge in [0.15, 0.2) is 0 Å². The minimum absolute atomic E-state index is 0.0225. The van der Waals surface area contributed by atoms with E-state index in [4.69, 9.17) is 5.73 Å². The summed E-state index contributed by atoms with van der Waals surface area (Å²) < 4.78 is 0. The Morgan fingerprint density at radius 2 is 1.83 bits per heavy atom. The van der Waals surface area contributed by atoms with Gasteiger partial charge in [0.2, 0.25) is 5.91 Å². The number of hydrogen-bond donors (Lipinski definition) is 1. The first-order valence-electron chi connectivity index (χ1n) is 4.28. The Bertz CT molecular complexity index is 199. The zero-order valence-corrected chi connectivity index (χ0v) is 8.35. The zero-order chi connectivity index (χ0) is 9.57. The van der Waals surface area contributed by atoms with Crippen LogP contribution in [-0.4, -0.2) is 30.9 Å². The van der Waals surface area contributed by atoms with E-state index in [1.54, 1.807) is 0 Å². The minimum atomic E-state index is -0.304. The van der Waals surface area contributed by atoms with E-state index in [1.807, 2.05) is 7.05 Å². The van der Waals surface area contributed by atoms with E-state index in [1.165, 1.54) is 0 Å². The maximum absolute atomic E-state index is 11.3. The van der Waals surface area contributed by atoms with E-state index in [9.17, 15) is 4.79 Å². The van der Waals surface area contributed by atoms with Gasteiger partial charge in [-0.25, -0.2) is 0 Å². The Kier molecular flexibility index (Phi) is 1.95. The van der Waals surface area contributed by atoms with Crippen molar-refractivity contribution in [1.82, 2.24) is 4.90 Å². The fourth-order valence-electron chi connectivity index (χ4n) is 1.88. The second-order valence-electron chi connectivity index (χ2n) is 4.87. The van der Waals surface area contributed by atoms with Gasteiger partial charge >= 0.3 is 0 Å². The van der Waals surface area contributed by atoms with Crippen molar-refractivity contribution in [2.45, 2.75) is 20.8 Å². The first kappa shape index (κ1) is 9.52. The lowest BCUT2D eigenvalue weighted by Gasteiger charge is -2.54. The molecule has 0 saturated carbocycles. The van der Waals surface area contributed by atoms with Crippen molar-refractivity contribution in [3.05, 3.63) is 0 Å². The maximum Gasteiger partial charge on any atom is 0.226 e. The molecule has 1 heterocycles. The molecule has 3 nitrogen and oxygen atoms in total. The fraction of sp³-hybridized carbons (Fsp3) is 0.889. The van der Waals surface area contributed by atoms with Gasteiger partial charge in [0.25, 0.3) is 0 Å². The highest BCUT2D eigenvalue weighted by atomic mass is 16.1. The molecule has 1 aliphatic rings. The van der Waals surface area contributed by atoms with E-state index in [2.05, 4.69) is 25.7 Å². The van der Waals surface area contributed by atoms with E-state index < -0.39 is 0 Å². The lowest BCUT2D eigenvalue weighted by Crippen LogP contribution is -2.66. The number of rotatable bonds is 1. The molecule has 1 aliphatic heterocycles. The van der Waals surface area contributed by atoms with Gasteiger partial charge in [-0.1, -0.05) is 20.8 Å². The molecule has 70 valence electrons. The number of nitrogens with zero attached hydrogens (tertiary/aromatic N) is 1. The third-order valence-electron chi connectivity index (χ3n) is 2.99. The van der Waals surface area contributed by atoms with Crippen LogP contribution in [-0.2, 0) is 4.79 Å². The number of carbonyl (C=O) groups is 1. The topological polar surface area (TPSA) is 46.3 Å². The summed E-state index contributed by atoms with van der Waals surface area (Å²) in [5, 5.41) is 0. The maximum atomic E-state index is 11.3. The highest BCUT2D eigenvalue weighted by Crippen LogP contribution is 2.45. The van der Waals surface area contributed by atoms with E-state index in [-0.39, 0.29) is 16.7 Å². The molecule has 1 saturated heterocycles. The number of hydrogen-bond acceptors (Lipinski definition) is 2. The van der Waals surface area contributed by atoms with Crippen LogP contribution >= 0.6 is 0 Å². The van der Waals surface area contributed by atoms with Crippen LogP contribution in [0.25, 0.3) is 0 Å². The number of amides is 1. The first-order valence-corrected chi connectivity index (χ1v) is 4.28. The molecule has 0 bridgehead atoms. The average Bonchev–Trinajstić information content (AvgIpc) is 1.76. The van der Waals surface area contributed by atoms with Crippen molar-refractivity contribution in [1.29, 1.82) is 0 Å². The van der Waals surface area contributed by atoms with E-state index in [0.29, 0.717) is 0 Å². The van der Waals surface area contributed by atoms with Gasteiger partial charge in [-0.3, -0.25) is 4.79 Å². The molecule has 0 spiro atoms. The molecule has 0 aromatic carbocycles. The molecule has 3 heteroatoms. The van der Waals surface area contributed by atoms with Crippen molar-refractivity contribution in [2.24, 2.45) is 16.6 Å². The number of carbonyl (C=O) groups excluding carboxylic acids is 1. The Morgan fingerprint density at radius 3 is 1.92 bits per heavy atom. The summed E-state index contributed by atoms with van der Waals surface area (Å²) in [5.41, 5.74) is 5.09. The highest BCUT2D eigenvalue weighted by Gasteiger charge is 2.54. The molecule has 2 N–H and O–H groups in total. The fourth-order valence-corrected chi connectivity index (χ4v) is 1.88. The van der Waals surface area contributed by atoms with Gasteiger partial charge in [-0.2, -0.15) is 0 Å². The summed E-state index contributed by atoms with van der Waals surface area (Å²) >= 11 is 0. The quantitative estimate of drug-likeness (QED) is 0.621. The highest BCUT2D eigenvalue weighted by molar-refractivity contribution is 5.83. The molecule has 0 unspecified atom stereocenters. The van der Waals surface area contributed by atoms with Gasteiger partial charge in [0, 0.05) is 13.1 Å². The van der Waals surface area contributed by atoms with Crippen LogP contribution in [0.1, 0.15) is 20.8 Å². The molecular weight excluding hydrogens is 152 g/mol. The van der Waals surface area contributed by atoms with E-state index in [0.717, 1.165) is 13.1 Å². The lowest BCUT2D eigenvalue weighted by molar-refractivity contribution is -0.149. The summed E-state index contributed by atoms with van der Waals surface area (Å²) in [6, 6.07) is 0. The molecule has 0 aromatic rings. The van der Waals surface area contributed by atoms with Gasteiger partial charge in [0.05, 0.1) is 5.41 Å². The Labute approximate surface area is 73.9 Å². The summed E-state index contributed by atoms with van der Waals surface area (Å²) in [6.07, 6.45) is 0. The molecule has 12 heavy (non-hydrogen) atoms. The van der Waals surface area contributed by atoms with Crippen molar-refractivity contribution in [2.75, 3.05) is 20.1 Å². The smallest absolute Gasteiger partial charge is 0.226 e. The first-order chi connectivity index (χ1) is 5.29. The van der Waals surface area contributed by atoms with Crippen LogP contribution < -0.4 is 5.73 Å². The Morgan fingerprint density at radius 1 is 1.42 bits per heavy atom. The van der Waals surface area contributed by atoms with Gasteiger partial charge in [-0.15, -0.1) is 0 Å². The predicted octanol–water partition coefficient (Wildman–Crippen LogP) is 0.450. The number of nitrogens with two attached hydrogens (primary N) is 1. The summed E-state index contributed by atoms with van der Waals surface area (Å²) in [7, 11) is 2.01. The molecule has 0 atom stereocenters. The van der Waals surface area contributed by atoms with Gasteiger partial charge in [0.1, 0.15) is 0 Å². The van der Waals surface area contributed by atoms with E-state index >= 15 is 0 Å². The summed E-state index contributed by atoms with van der Waals surface area (Å²) in [4.78, 5) is 13.4. The summed E-state index contributed by atoms with van der Waals surface area (Å²) in [5.74, 6) is -0.159. The third kappa shape index (κ3) is 1.12. The third-order valence-corrected chi connectivity index (χ3v) is 2.99.